The van der Waals surface area contributed by atoms with E-state index in [1.807, 2.05) is 24.3 Å². The number of carbonyl (C=O) groups excluding carboxylic acids is 2. The highest BCUT2D eigenvalue weighted by atomic mass is 79.9. The lowest BCUT2D eigenvalue weighted by Gasteiger charge is -2.07. The predicted molar refractivity (Wildman–Crippen MR) is 91.2 cm³/mol. The number of nitro benzene ring substituents is 1. The fourth-order valence-corrected chi connectivity index (χ4v) is 2.42. The molecule has 0 bridgehead atoms. The van der Waals surface area contributed by atoms with Gasteiger partial charge in [0.25, 0.3) is 11.6 Å². The number of non-ortho nitro benzene ring substituents is 1. The summed E-state index contributed by atoms with van der Waals surface area (Å²) in [5.74, 6) is -0.969. The summed E-state index contributed by atoms with van der Waals surface area (Å²) in [6, 6.07) is 12.8. The van der Waals surface area contributed by atoms with Crippen molar-refractivity contribution in [3.8, 4) is 0 Å². The van der Waals surface area contributed by atoms with E-state index < -0.39 is 10.8 Å². The number of nitrogens with one attached hydrogen (secondary N) is 2. The second kappa shape index (κ2) is 8.21. The maximum atomic E-state index is 11.9. The van der Waals surface area contributed by atoms with Gasteiger partial charge in [-0.1, -0.05) is 34.1 Å². The van der Waals surface area contributed by atoms with Gasteiger partial charge in [0.05, 0.1) is 4.92 Å². The molecule has 0 radical (unpaired) electrons. The highest BCUT2D eigenvalue weighted by Gasteiger charge is 2.12. The Labute approximate surface area is 146 Å². The Morgan fingerprint density at radius 3 is 2.54 bits per heavy atom. The van der Waals surface area contributed by atoms with Gasteiger partial charge in [0, 0.05) is 28.6 Å². The Morgan fingerprint density at radius 1 is 1.08 bits per heavy atom. The second-order valence-electron chi connectivity index (χ2n) is 4.94. The molecule has 0 aliphatic rings. The molecule has 2 amide bonds. The molecule has 0 saturated heterocycles. The van der Waals surface area contributed by atoms with Crippen LogP contribution in [-0.2, 0) is 11.2 Å². The highest BCUT2D eigenvalue weighted by molar-refractivity contribution is 9.10. The molecule has 0 aliphatic heterocycles. The number of rotatable bonds is 5. The molecule has 24 heavy (non-hydrogen) atoms. The summed E-state index contributed by atoms with van der Waals surface area (Å²) in [6.45, 7) is 0. The van der Waals surface area contributed by atoms with Crippen molar-refractivity contribution in [3.63, 3.8) is 0 Å². The van der Waals surface area contributed by atoms with Crippen molar-refractivity contribution < 1.29 is 14.5 Å². The summed E-state index contributed by atoms with van der Waals surface area (Å²) in [5, 5.41) is 10.7. The van der Waals surface area contributed by atoms with Crippen molar-refractivity contribution >= 4 is 33.4 Å². The third kappa shape index (κ3) is 5.17. The molecule has 8 heteroatoms. The van der Waals surface area contributed by atoms with Gasteiger partial charge in [-0.25, -0.2) is 0 Å². The van der Waals surface area contributed by atoms with Gasteiger partial charge in [-0.2, -0.15) is 0 Å². The lowest BCUT2D eigenvalue weighted by Crippen LogP contribution is -2.41. The molecule has 2 rings (SSSR count). The summed E-state index contributed by atoms with van der Waals surface area (Å²) >= 11 is 3.36. The quantitative estimate of drug-likeness (QED) is 0.604. The second-order valence-corrected chi connectivity index (χ2v) is 5.86. The van der Waals surface area contributed by atoms with Crippen LogP contribution >= 0.6 is 15.9 Å². The first kappa shape index (κ1) is 17.6. The van der Waals surface area contributed by atoms with E-state index in [9.17, 15) is 19.7 Å². The molecule has 0 aromatic heterocycles. The fraction of sp³-hybridized carbons (Fsp3) is 0.125. The summed E-state index contributed by atoms with van der Waals surface area (Å²) in [5.41, 5.74) is 5.43. The number of carbonyl (C=O) groups is 2. The molecule has 2 aromatic rings. The van der Waals surface area contributed by atoms with E-state index in [4.69, 9.17) is 0 Å². The Kier molecular flexibility index (Phi) is 6.02. The number of amides is 2. The van der Waals surface area contributed by atoms with E-state index in [1.54, 1.807) is 0 Å². The van der Waals surface area contributed by atoms with Crippen LogP contribution in [0, 0.1) is 10.1 Å². The highest BCUT2D eigenvalue weighted by Crippen LogP contribution is 2.13. The van der Waals surface area contributed by atoms with Gasteiger partial charge in [-0.15, -0.1) is 0 Å². The maximum absolute atomic E-state index is 11.9. The average molecular weight is 392 g/mol. The molecule has 2 N–H and O–H groups in total. The molecule has 7 nitrogen and oxygen atoms in total. The summed E-state index contributed by atoms with van der Waals surface area (Å²) in [7, 11) is 0. The zero-order valence-electron chi connectivity index (χ0n) is 12.5. The molecule has 0 heterocycles. The topological polar surface area (TPSA) is 101 Å². The Bertz CT molecular complexity index is 779. The van der Waals surface area contributed by atoms with Crippen LogP contribution in [0.1, 0.15) is 22.3 Å². The molecule has 0 saturated carbocycles. The van der Waals surface area contributed by atoms with Gasteiger partial charge in [0.15, 0.2) is 0 Å². The summed E-state index contributed by atoms with van der Waals surface area (Å²) in [6.07, 6.45) is 0.726. The van der Waals surface area contributed by atoms with Crippen LogP contribution in [0.3, 0.4) is 0 Å². The van der Waals surface area contributed by atoms with Crippen LogP contribution in [0.15, 0.2) is 53.0 Å². The zero-order valence-corrected chi connectivity index (χ0v) is 14.1. The number of aryl methyl sites for hydroxylation is 1. The van der Waals surface area contributed by atoms with E-state index in [1.165, 1.54) is 18.2 Å². The molecule has 124 valence electrons. The first-order valence-electron chi connectivity index (χ1n) is 7.04. The van der Waals surface area contributed by atoms with E-state index in [2.05, 4.69) is 26.8 Å². The third-order valence-electron chi connectivity index (χ3n) is 3.16. The van der Waals surface area contributed by atoms with E-state index >= 15 is 0 Å². The van der Waals surface area contributed by atoms with Crippen LogP contribution in [0.4, 0.5) is 5.69 Å². The van der Waals surface area contributed by atoms with Crippen molar-refractivity contribution in [1.82, 2.24) is 10.9 Å². The normalized spacial score (nSPS) is 10.0. The van der Waals surface area contributed by atoms with Crippen molar-refractivity contribution in [3.05, 3.63) is 74.2 Å². The zero-order chi connectivity index (χ0) is 17.5. The SMILES string of the molecule is O=C(CCc1cccc(Br)c1)NNC(=O)c1cccc([N+](=O)[O-])c1. The fourth-order valence-electron chi connectivity index (χ4n) is 1.97. The molecule has 0 fully saturated rings. The van der Waals surface area contributed by atoms with Crippen LogP contribution < -0.4 is 10.9 Å². The van der Waals surface area contributed by atoms with Crippen LogP contribution in [0.5, 0.6) is 0 Å². The number of hydrogen-bond acceptors (Lipinski definition) is 4. The minimum absolute atomic E-state index is 0.0940. The number of hydrogen-bond donors (Lipinski definition) is 2. The van der Waals surface area contributed by atoms with Crippen molar-refractivity contribution in [2.75, 3.05) is 0 Å². The molecular weight excluding hydrogens is 378 g/mol. The first-order chi connectivity index (χ1) is 11.5. The first-order valence-corrected chi connectivity index (χ1v) is 7.83. The average Bonchev–Trinajstić information content (AvgIpc) is 2.58. The van der Waals surface area contributed by atoms with Crippen molar-refractivity contribution in [2.45, 2.75) is 12.8 Å². The monoisotopic (exact) mass is 391 g/mol. The van der Waals surface area contributed by atoms with Gasteiger partial charge in [-0.05, 0) is 30.2 Å². The van der Waals surface area contributed by atoms with Gasteiger partial charge in [0.1, 0.15) is 0 Å². The summed E-state index contributed by atoms with van der Waals surface area (Å²) in [4.78, 5) is 33.8. The van der Waals surface area contributed by atoms with Gasteiger partial charge in [-0.3, -0.25) is 30.6 Å². The lowest BCUT2D eigenvalue weighted by atomic mass is 10.1. The Hall–Kier alpha value is -2.74. The van der Waals surface area contributed by atoms with Crippen LogP contribution in [-0.4, -0.2) is 16.7 Å². The molecule has 0 spiro atoms. The minimum Gasteiger partial charge on any atom is -0.273 e. The largest absolute Gasteiger partial charge is 0.273 e. The predicted octanol–water partition coefficient (Wildman–Crippen LogP) is 2.75. The molecule has 2 aromatic carbocycles. The van der Waals surface area contributed by atoms with Gasteiger partial charge >= 0.3 is 0 Å². The van der Waals surface area contributed by atoms with E-state index in [0.717, 1.165) is 16.1 Å². The number of nitro groups is 1. The lowest BCUT2D eigenvalue weighted by molar-refractivity contribution is -0.384. The molecule has 0 atom stereocenters. The number of nitrogens with zero attached hydrogens (tertiary/aromatic N) is 1. The number of benzene rings is 2. The number of halogens is 1. The van der Waals surface area contributed by atoms with Crippen molar-refractivity contribution in [1.29, 1.82) is 0 Å². The Balaban J connectivity index is 1.84. The minimum atomic E-state index is -0.616. The van der Waals surface area contributed by atoms with Gasteiger partial charge in [0.2, 0.25) is 5.91 Å². The number of hydrazine groups is 1. The van der Waals surface area contributed by atoms with E-state index in [-0.39, 0.29) is 23.6 Å². The molecular formula is C16H14BrN3O4. The Morgan fingerprint density at radius 2 is 1.83 bits per heavy atom. The van der Waals surface area contributed by atoms with Crippen LogP contribution in [0.2, 0.25) is 0 Å². The third-order valence-corrected chi connectivity index (χ3v) is 3.66. The maximum Gasteiger partial charge on any atom is 0.270 e. The van der Waals surface area contributed by atoms with E-state index in [0.29, 0.717) is 6.42 Å². The molecule has 0 unspecified atom stereocenters. The smallest absolute Gasteiger partial charge is 0.270 e. The van der Waals surface area contributed by atoms with Crippen LogP contribution in [0.25, 0.3) is 0 Å². The van der Waals surface area contributed by atoms with Crippen molar-refractivity contribution in [2.24, 2.45) is 0 Å². The summed E-state index contributed by atoms with van der Waals surface area (Å²) < 4.78 is 0.930. The molecule has 0 aliphatic carbocycles. The van der Waals surface area contributed by atoms with Gasteiger partial charge < -0.3 is 0 Å². The standard InChI is InChI=1S/C16H14BrN3O4/c17-13-5-1-3-11(9-13)7-8-15(21)18-19-16(22)12-4-2-6-14(10-12)20(23)24/h1-6,9-10H,7-8H2,(H,18,21)(H,19,22).